The predicted molar refractivity (Wildman–Crippen MR) is 69.7 cm³/mol. The molecule has 1 aliphatic heterocycles. The number of guanidine groups is 1. The lowest BCUT2D eigenvalue weighted by Gasteiger charge is -2.29. The Balaban J connectivity index is 2.20. The molecule has 0 aliphatic carbocycles. The van der Waals surface area contributed by atoms with Gasteiger partial charge in [-0.3, -0.25) is 4.99 Å². The van der Waals surface area contributed by atoms with Gasteiger partial charge in [-0.1, -0.05) is 13.3 Å². The third kappa shape index (κ3) is 5.35. The summed E-state index contributed by atoms with van der Waals surface area (Å²) < 4.78 is 0. The van der Waals surface area contributed by atoms with Gasteiger partial charge in [-0.25, -0.2) is 0 Å². The van der Waals surface area contributed by atoms with Crippen LogP contribution in [0.2, 0.25) is 0 Å². The summed E-state index contributed by atoms with van der Waals surface area (Å²) in [5.74, 6) is 0.589. The van der Waals surface area contributed by atoms with Crippen molar-refractivity contribution in [1.29, 1.82) is 0 Å². The molecule has 0 amide bonds. The Hall–Kier alpha value is -0.770. The summed E-state index contributed by atoms with van der Waals surface area (Å²) in [7, 11) is 0. The third-order valence-electron chi connectivity index (χ3n) is 2.88. The fraction of sp³-hybridized carbons (Fsp3) is 0.917. The van der Waals surface area contributed by atoms with Crippen LogP contribution in [-0.2, 0) is 0 Å². The van der Waals surface area contributed by atoms with E-state index in [1.54, 1.807) is 0 Å². The molecule has 1 heterocycles. The Morgan fingerprint density at radius 3 is 2.69 bits per heavy atom. The first-order chi connectivity index (χ1) is 7.72. The Kier molecular flexibility index (Phi) is 6.23. The zero-order valence-corrected chi connectivity index (χ0v) is 10.7. The van der Waals surface area contributed by atoms with E-state index < -0.39 is 0 Å². The summed E-state index contributed by atoms with van der Waals surface area (Å²) in [4.78, 5) is 6.75. The van der Waals surface area contributed by atoms with Gasteiger partial charge in [-0.2, -0.15) is 0 Å². The Labute approximate surface area is 99.3 Å². The maximum Gasteiger partial charge on any atom is 0.188 e. The SMILES string of the molecule is CCCN=C(N)NC(C)CN1CCCCC1. The third-order valence-corrected chi connectivity index (χ3v) is 2.88. The number of aliphatic imine (C=N–C) groups is 1. The number of nitrogens with one attached hydrogen (secondary N) is 1. The molecule has 1 atom stereocenters. The number of hydrogen-bond acceptors (Lipinski definition) is 2. The number of nitrogens with zero attached hydrogens (tertiary/aromatic N) is 2. The average Bonchev–Trinajstić information content (AvgIpc) is 2.27. The molecule has 0 aromatic rings. The van der Waals surface area contributed by atoms with E-state index >= 15 is 0 Å². The van der Waals surface area contributed by atoms with Gasteiger partial charge >= 0.3 is 0 Å². The van der Waals surface area contributed by atoms with E-state index in [1.165, 1.54) is 32.4 Å². The highest BCUT2D eigenvalue weighted by atomic mass is 15.2. The summed E-state index contributed by atoms with van der Waals surface area (Å²) in [6.07, 6.45) is 5.11. The Morgan fingerprint density at radius 1 is 1.38 bits per heavy atom. The van der Waals surface area contributed by atoms with Crippen molar-refractivity contribution >= 4 is 5.96 Å². The summed E-state index contributed by atoms with van der Waals surface area (Å²) in [6, 6.07) is 0.388. The van der Waals surface area contributed by atoms with Gasteiger partial charge in [-0.05, 0) is 39.3 Å². The predicted octanol–water partition coefficient (Wildman–Crippen LogP) is 1.18. The lowest BCUT2D eigenvalue weighted by molar-refractivity contribution is 0.215. The highest BCUT2D eigenvalue weighted by molar-refractivity contribution is 5.78. The first-order valence-electron chi connectivity index (χ1n) is 6.51. The molecule has 0 spiro atoms. The summed E-state index contributed by atoms with van der Waals surface area (Å²) in [6.45, 7) is 8.63. The molecule has 4 heteroatoms. The number of piperidine rings is 1. The molecule has 1 aliphatic rings. The lowest BCUT2D eigenvalue weighted by atomic mass is 10.1. The van der Waals surface area contributed by atoms with Gasteiger partial charge in [0.15, 0.2) is 5.96 Å². The van der Waals surface area contributed by atoms with Gasteiger partial charge in [0.25, 0.3) is 0 Å². The van der Waals surface area contributed by atoms with Crippen molar-refractivity contribution in [3.05, 3.63) is 0 Å². The summed E-state index contributed by atoms with van der Waals surface area (Å²) in [5.41, 5.74) is 5.79. The van der Waals surface area contributed by atoms with E-state index in [0.29, 0.717) is 12.0 Å². The zero-order valence-electron chi connectivity index (χ0n) is 10.7. The Bertz CT molecular complexity index is 209. The molecule has 0 aromatic heterocycles. The van der Waals surface area contributed by atoms with Gasteiger partial charge in [0.2, 0.25) is 0 Å². The van der Waals surface area contributed by atoms with Crippen LogP contribution >= 0.6 is 0 Å². The second-order valence-electron chi connectivity index (χ2n) is 4.67. The second kappa shape index (κ2) is 7.49. The highest BCUT2D eigenvalue weighted by Crippen LogP contribution is 2.08. The van der Waals surface area contributed by atoms with Gasteiger partial charge in [-0.15, -0.1) is 0 Å². The molecule has 94 valence electrons. The van der Waals surface area contributed by atoms with E-state index in [0.717, 1.165) is 19.5 Å². The second-order valence-corrected chi connectivity index (χ2v) is 4.67. The fourth-order valence-corrected chi connectivity index (χ4v) is 2.11. The molecule has 1 rings (SSSR count). The smallest absolute Gasteiger partial charge is 0.188 e. The molecular weight excluding hydrogens is 200 g/mol. The first-order valence-corrected chi connectivity index (χ1v) is 6.51. The molecule has 0 bridgehead atoms. The Morgan fingerprint density at radius 2 is 2.06 bits per heavy atom. The highest BCUT2D eigenvalue weighted by Gasteiger charge is 2.13. The molecule has 3 N–H and O–H groups in total. The largest absolute Gasteiger partial charge is 0.370 e. The van der Waals surface area contributed by atoms with Crippen LogP contribution in [0.15, 0.2) is 4.99 Å². The number of nitrogens with two attached hydrogens (primary N) is 1. The van der Waals surface area contributed by atoms with E-state index in [4.69, 9.17) is 5.73 Å². The number of likely N-dealkylation sites (tertiary alicyclic amines) is 1. The zero-order chi connectivity index (χ0) is 11.8. The normalized spacial score (nSPS) is 20.8. The fourth-order valence-electron chi connectivity index (χ4n) is 2.11. The van der Waals surface area contributed by atoms with Crippen LogP contribution < -0.4 is 11.1 Å². The molecular formula is C12H26N4. The standard InChI is InChI=1S/C12H26N4/c1-3-7-14-12(13)15-11(2)10-16-8-5-4-6-9-16/h11H,3-10H2,1-2H3,(H3,13,14,15). The lowest BCUT2D eigenvalue weighted by Crippen LogP contribution is -2.46. The van der Waals surface area contributed by atoms with E-state index in [1.807, 2.05) is 0 Å². The minimum Gasteiger partial charge on any atom is -0.370 e. The van der Waals surface area contributed by atoms with Crippen molar-refractivity contribution < 1.29 is 0 Å². The molecule has 16 heavy (non-hydrogen) atoms. The van der Waals surface area contributed by atoms with E-state index in [2.05, 4.69) is 29.1 Å². The quantitative estimate of drug-likeness (QED) is 0.546. The van der Waals surface area contributed by atoms with Gasteiger partial charge < -0.3 is 16.0 Å². The molecule has 1 saturated heterocycles. The van der Waals surface area contributed by atoms with Crippen LogP contribution in [0.25, 0.3) is 0 Å². The minimum absolute atomic E-state index is 0.388. The van der Waals surface area contributed by atoms with Gasteiger partial charge in [0, 0.05) is 19.1 Å². The van der Waals surface area contributed by atoms with Crippen LogP contribution in [-0.4, -0.2) is 43.1 Å². The molecule has 0 saturated carbocycles. The summed E-state index contributed by atoms with van der Waals surface area (Å²) in [5, 5.41) is 3.25. The maximum atomic E-state index is 5.79. The molecule has 1 fully saturated rings. The maximum absolute atomic E-state index is 5.79. The van der Waals surface area contributed by atoms with Crippen LogP contribution in [0.3, 0.4) is 0 Å². The van der Waals surface area contributed by atoms with Crippen molar-refractivity contribution in [2.75, 3.05) is 26.2 Å². The van der Waals surface area contributed by atoms with Crippen molar-refractivity contribution in [3.63, 3.8) is 0 Å². The molecule has 0 radical (unpaired) electrons. The van der Waals surface area contributed by atoms with Crippen molar-refractivity contribution in [1.82, 2.24) is 10.2 Å². The number of rotatable bonds is 5. The van der Waals surface area contributed by atoms with Crippen molar-refractivity contribution in [2.24, 2.45) is 10.7 Å². The minimum atomic E-state index is 0.388. The first kappa shape index (κ1) is 13.3. The van der Waals surface area contributed by atoms with Gasteiger partial charge in [0.05, 0.1) is 0 Å². The van der Waals surface area contributed by atoms with Crippen LogP contribution in [0.4, 0.5) is 0 Å². The monoisotopic (exact) mass is 226 g/mol. The molecule has 1 unspecified atom stereocenters. The summed E-state index contributed by atoms with van der Waals surface area (Å²) >= 11 is 0. The average molecular weight is 226 g/mol. The van der Waals surface area contributed by atoms with Crippen LogP contribution in [0.1, 0.15) is 39.5 Å². The van der Waals surface area contributed by atoms with Crippen LogP contribution in [0, 0.1) is 0 Å². The van der Waals surface area contributed by atoms with E-state index in [9.17, 15) is 0 Å². The molecule has 0 aromatic carbocycles. The topological polar surface area (TPSA) is 53.6 Å². The van der Waals surface area contributed by atoms with Gasteiger partial charge in [0.1, 0.15) is 0 Å². The van der Waals surface area contributed by atoms with E-state index in [-0.39, 0.29) is 0 Å². The number of hydrogen-bond donors (Lipinski definition) is 2. The van der Waals surface area contributed by atoms with Crippen LogP contribution in [0.5, 0.6) is 0 Å². The molecule has 4 nitrogen and oxygen atoms in total. The van der Waals surface area contributed by atoms with Crippen molar-refractivity contribution in [2.45, 2.75) is 45.6 Å². The van der Waals surface area contributed by atoms with Crippen molar-refractivity contribution in [3.8, 4) is 0 Å².